The lowest BCUT2D eigenvalue weighted by atomic mass is 9.98. The van der Waals surface area contributed by atoms with Crippen LogP contribution in [0.25, 0.3) is 0 Å². The van der Waals surface area contributed by atoms with Gasteiger partial charge in [-0.05, 0) is 37.3 Å². The van der Waals surface area contributed by atoms with Crippen molar-refractivity contribution in [3.8, 4) is 0 Å². The molecule has 0 spiro atoms. The van der Waals surface area contributed by atoms with Crippen molar-refractivity contribution in [1.82, 2.24) is 0 Å². The van der Waals surface area contributed by atoms with E-state index in [-0.39, 0.29) is 24.7 Å². The molecule has 3 atom stereocenters. The van der Waals surface area contributed by atoms with E-state index in [4.69, 9.17) is 22.3 Å². The predicted molar refractivity (Wildman–Crippen MR) is 75.0 cm³/mol. The molecule has 0 aliphatic rings. The third kappa shape index (κ3) is 5.14. The molecule has 0 saturated carbocycles. The molecule has 7 N–H and O–H groups in total. The monoisotopic (exact) mass is 251 g/mol. The smallest absolute Gasteiger partial charge is 0.0585 e. The van der Waals surface area contributed by atoms with Crippen LogP contribution < -0.4 is 17.2 Å². The second-order valence-electron chi connectivity index (χ2n) is 5.05. The van der Waals surface area contributed by atoms with Gasteiger partial charge in [0.2, 0.25) is 0 Å². The average Bonchev–Trinajstić information content (AvgIpc) is 2.36. The van der Waals surface area contributed by atoms with E-state index in [9.17, 15) is 0 Å². The minimum atomic E-state index is -0.192. The summed E-state index contributed by atoms with van der Waals surface area (Å²) in [5.41, 5.74) is 19.8. The van der Waals surface area contributed by atoms with E-state index in [2.05, 4.69) is 0 Å². The van der Waals surface area contributed by atoms with E-state index >= 15 is 0 Å². The summed E-state index contributed by atoms with van der Waals surface area (Å²) in [6.07, 6.45) is 2.51. The van der Waals surface area contributed by atoms with Crippen LogP contribution in [0.1, 0.15) is 36.9 Å². The number of aliphatic hydroxyl groups is 1. The third-order valence-corrected chi connectivity index (χ3v) is 3.07. The summed E-state index contributed by atoms with van der Waals surface area (Å²) in [5.74, 6) is 0. The highest BCUT2D eigenvalue weighted by Crippen LogP contribution is 2.17. The van der Waals surface area contributed by atoms with Crippen molar-refractivity contribution in [2.24, 2.45) is 17.2 Å². The van der Waals surface area contributed by atoms with Gasteiger partial charge in [0, 0.05) is 18.1 Å². The Labute approximate surface area is 109 Å². The molecule has 0 aromatic heterocycles. The highest BCUT2D eigenvalue weighted by atomic mass is 16.3. The molecule has 18 heavy (non-hydrogen) atoms. The first kappa shape index (κ1) is 15.1. The number of hydrogen-bond acceptors (Lipinski definition) is 4. The molecule has 1 aromatic rings. The lowest BCUT2D eigenvalue weighted by Crippen LogP contribution is -2.26. The van der Waals surface area contributed by atoms with Crippen molar-refractivity contribution in [3.05, 3.63) is 35.4 Å². The molecule has 0 radical (unpaired) electrons. The molecular weight excluding hydrogens is 226 g/mol. The molecule has 102 valence electrons. The summed E-state index contributed by atoms with van der Waals surface area (Å²) in [7, 11) is 0. The van der Waals surface area contributed by atoms with Crippen LogP contribution in [-0.4, -0.2) is 23.8 Å². The quantitative estimate of drug-likeness (QED) is 0.572. The van der Waals surface area contributed by atoms with Crippen LogP contribution in [0.15, 0.2) is 24.3 Å². The molecular formula is C14H25N3O. The van der Waals surface area contributed by atoms with Gasteiger partial charge in [0.05, 0.1) is 6.61 Å². The van der Waals surface area contributed by atoms with Crippen molar-refractivity contribution in [2.75, 3.05) is 6.61 Å². The number of nitrogens with two attached hydrogens (primary N) is 3. The second-order valence-corrected chi connectivity index (χ2v) is 5.05. The zero-order valence-corrected chi connectivity index (χ0v) is 11.0. The Morgan fingerprint density at radius 1 is 1.06 bits per heavy atom. The Kier molecular flexibility index (Phi) is 6.29. The minimum absolute atomic E-state index is 0.00958. The van der Waals surface area contributed by atoms with Gasteiger partial charge in [0.15, 0.2) is 0 Å². The molecule has 1 rings (SSSR count). The Bertz CT molecular complexity index is 337. The molecule has 1 aromatic carbocycles. The van der Waals surface area contributed by atoms with Gasteiger partial charge < -0.3 is 22.3 Å². The maximum Gasteiger partial charge on any atom is 0.0585 e. The Hall–Kier alpha value is -0.940. The van der Waals surface area contributed by atoms with Crippen LogP contribution in [0.5, 0.6) is 0 Å². The van der Waals surface area contributed by atoms with Crippen LogP contribution in [0, 0.1) is 0 Å². The maximum absolute atomic E-state index is 8.90. The van der Waals surface area contributed by atoms with Gasteiger partial charge >= 0.3 is 0 Å². The first-order valence-corrected chi connectivity index (χ1v) is 6.49. The van der Waals surface area contributed by atoms with Gasteiger partial charge in [0.1, 0.15) is 0 Å². The summed E-state index contributed by atoms with van der Waals surface area (Å²) in [4.78, 5) is 0. The third-order valence-electron chi connectivity index (χ3n) is 3.07. The lowest BCUT2D eigenvalue weighted by molar-refractivity contribution is 0.265. The van der Waals surface area contributed by atoms with Crippen molar-refractivity contribution < 1.29 is 5.11 Å². The van der Waals surface area contributed by atoms with Crippen molar-refractivity contribution in [3.63, 3.8) is 0 Å². The molecule has 0 bridgehead atoms. The molecule has 4 nitrogen and oxygen atoms in total. The van der Waals surface area contributed by atoms with Crippen molar-refractivity contribution in [1.29, 1.82) is 0 Å². The highest BCUT2D eigenvalue weighted by Gasteiger charge is 2.08. The van der Waals surface area contributed by atoms with Gasteiger partial charge in [-0.3, -0.25) is 0 Å². The molecule has 0 saturated heterocycles. The number of hydrogen-bond donors (Lipinski definition) is 4. The van der Waals surface area contributed by atoms with E-state index in [0.717, 1.165) is 24.0 Å². The highest BCUT2D eigenvalue weighted by molar-refractivity contribution is 5.25. The van der Waals surface area contributed by atoms with Gasteiger partial charge in [-0.1, -0.05) is 24.3 Å². The summed E-state index contributed by atoms with van der Waals surface area (Å²) in [6, 6.07) is 8.15. The number of aliphatic hydroxyl groups excluding tert-OH is 1. The lowest BCUT2D eigenvalue weighted by Gasteiger charge is -2.14. The van der Waals surface area contributed by atoms with E-state index in [1.807, 2.05) is 31.2 Å². The Balaban J connectivity index is 2.53. The fraction of sp³-hybridized carbons (Fsp3) is 0.571. The summed E-state index contributed by atoms with van der Waals surface area (Å²) < 4.78 is 0. The van der Waals surface area contributed by atoms with Gasteiger partial charge in [-0.2, -0.15) is 0 Å². The van der Waals surface area contributed by atoms with Crippen LogP contribution in [0.3, 0.4) is 0 Å². The fourth-order valence-electron chi connectivity index (χ4n) is 1.88. The Morgan fingerprint density at radius 2 is 1.67 bits per heavy atom. The zero-order valence-electron chi connectivity index (χ0n) is 11.0. The molecule has 4 heteroatoms. The summed E-state index contributed by atoms with van der Waals surface area (Å²) in [6.45, 7) is 2.00. The van der Waals surface area contributed by atoms with E-state index in [0.29, 0.717) is 6.42 Å². The molecule has 0 fully saturated rings. The van der Waals surface area contributed by atoms with E-state index in [1.54, 1.807) is 0 Å². The van der Waals surface area contributed by atoms with Crippen molar-refractivity contribution >= 4 is 0 Å². The van der Waals surface area contributed by atoms with E-state index in [1.165, 1.54) is 0 Å². The fourth-order valence-corrected chi connectivity index (χ4v) is 1.88. The summed E-state index contributed by atoms with van der Waals surface area (Å²) >= 11 is 0. The SMILES string of the molecule is CC(N)CCC(N)c1ccc(CC(N)CO)cc1. The van der Waals surface area contributed by atoms with Crippen LogP contribution >= 0.6 is 0 Å². The maximum atomic E-state index is 8.90. The molecule has 0 aliphatic heterocycles. The Morgan fingerprint density at radius 3 is 2.17 bits per heavy atom. The minimum Gasteiger partial charge on any atom is -0.395 e. The molecule has 0 aliphatic carbocycles. The summed E-state index contributed by atoms with van der Waals surface area (Å²) in [5, 5.41) is 8.90. The largest absolute Gasteiger partial charge is 0.395 e. The van der Waals surface area contributed by atoms with Crippen molar-refractivity contribution in [2.45, 2.75) is 44.3 Å². The normalized spacial score (nSPS) is 16.3. The molecule has 0 amide bonds. The first-order chi connectivity index (χ1) is 8.52. The van der Waals surface area contributed by atoms with Gasteiger partial charge in [-0.25, -0.2) is 0 Å². The van der Waals surface area contributed by atoms with Gasteiger partial charge in [0.25, 0.3) is 0 Å². The topological polar surface area (TPSA) is 98.3 Å². The standard InChI is InChI=1S/C14H25N3O/c1-10(15)2-7-14(17)12-5-3-11(4-6-12)8-13(16)9-18/h3-6,10,13-14,18H,2,7-9,15-17H2,1H3. The average molecular weight is 251 g/mol. The molecule has 0 heterocycles. The van der Waals surface area contributed by atoms with E-state index < -0.39 is 0 Å². The van der Waals surface area contributed by atoms with Gasteiger partial charge in [-0.15, -0.1) is 0 Å². The van der Waals surface area contributed by atoms with Crippen LogP contribution in [0.4, 0.5) is 0 Å². The van der Waals surface area contributed by atoms with Crippen LogP contribution in [0.2, 0.25) is 0 Å². The number of rotatable bonds is 7. The zero-order chi connectivity index (χ0) is 13.5. The second kappa shape index (κ2) is 7.48. The number of benzene rings is 1. The predicted octanol–water partition coefficient (Wildman–Crippen LogP) is 0.676. The molecule has 3 unspecified atom stereocenters. The van der Waals surface area contributed by atoms with Crippen LogP contribution in [-0.2, 0) is 6.42 Å². The first-order valence-electron chi connectivity index (χ1n) is 6.49.